The predicted octanol–water partition coefficient (Wildman–Crippen LogP) is 3.59. The molecule has 0 amide bonds. The summed E-state index contributed by atoms with van der Waals surface area (Å²) in [5.41, 5.74) is -2.08. The fourth-order valence-electron chi connectivity index (χ4n) is 1.45. The summed E-state index contributed by atoms with van der Waals surface area (Å²) >= 11 is 0.285. The van der Waals surface area contributed by atoms with Crippen LogP contribution in [-0.4, -0.2) is 33.9 Å². The third kappa shape index (κ3) is 2.31. The van der Waals surface area contributed by atoms with Crippen molar-refractivity contribution >= 4 is 16.9 Å². The Morgan fingerprint density at radius 1 is 0.905 bits per heavy atom. The second-order valence-electron chi connectivity index (χ2n) is 3.92. The van der Waals surface area contributed by atoms with Gasteiger partial charge in [0.1, 0.15) is 0 Å². The molecule has 1 aromatic heterocycles. The van der Waals surface area contributed by atoms with E-state index in [4.69, 9.17) is 0 Å². The zero-order valence-corrected chi connectivity index (χ0v) is 12.9. The maximum atomic E-state index is 13.5. The van der Waals surface area contributed by atoms with Crippen LogP contribution in [0.15, 0.2) is 0 Å². The number of nitrogens with zero attached hydrogens (tertiary/aromatic N) is 2. The van der Waals surface area contributed by atoms with E-state index in [0.29, 0.717) is 6.08 Å². The number of aromatic nitrogens is 2. The minimum atomic E-state index is -6.29. The van der Waals surface area contributed by atoms with Crippen molar-refractivity contribution in [3.05, 3.63) is 16.1 Å². The van der Waals surface area contributed by atoms with E-state index < -0.39 is 34.3 Å². The molecule has 2 rings (SSSR count). The molecule has 1 heterocycles. The van der Waals surface area contributed by atoms with Crippen molar-refractivity contribution in [2.45, 2.75) is 30.6 Å². The van der Waals surface area contributed by atoms with Crippen LogP contribution in [0, 0.1) is 13.0 Å². The van der Waals surface area contributed by atoms with Crippen LogP contribution in [0.3, 0.4) is 0 Å². The average molecular weight is 515 g/mol. The first kappa shape index (κ1) is 18.4. The average Bonchev–Trinajstić information content (AvgIpc) is 2.70. The summed E-state index contributed by atoms with van der Waals surface area (Å²) in [5.74, 6) is -23.7. The molecule has 1 aromatic rings. The van der Waals surface area contributed by atoms with Crippen molar-refractivity contribution in [1.82, 2.24) is 10.2 Å². The summed E-state index contributed by atoms with van der Waals surface area (Å²) in [6.07, 6.45) is 0.470. The Kier molecular flexibility index (Phi) is 4.35. The second kappa shape index (κ2) is 4.95. The number of halogens is 8. The molecular weight excluding hydrogens is 512 g/mol. The SMILES string of the molecule is Cc1nnc(C2=[C-]C(F)(F)C(F)(F)C(F)(F)C2(F)F)s1.[Ir]. The number of hydrogen-bond donors (Lipinski definition) is 0. The maximum absolute atomic E-state index is 13.5. The molecule has 2 nitrogen and oxygen atoms in total. The van der Waals surface area contributed by atoms with E-state index in [0.717, 1.165) is 0 Å². The first-order valence-corrected chi connectivity index (χ1v) is 5.63. The molecule has 0 saturated heterocycles. The van der Waals surface area contributed by atoms with Gasteiger partial charge in [0, 0.05) is 20.1 Å². The molecule has 1 aliphatic carbocycles. The van der Waals surface area contributed by atoms with Gasteiger partial charge in [0.25, 0.3) is 5.92 Å². The Morgan fingerprint density at radius 2 is 1.43 bits per heavy atom. The van der Waals surface area contributed by atoms with Gasteiger partial charge in [-0.3, -0.25) is 0 Å². The van der Waals surface area contributed by atoms with Crippen LogP contribution in [0.4, 0.5) is 35.1 Å². The van der Waals surface area contributed by atoms with Crippen LogP contribution in [-0.2, 0) is 20.1 Å². The van der Waals surface area contributed by atoms with Gasteiger partial charge in [0.2, 0.25) is 0 Å². The normalized spacial score (nSPS) is 24.9. The number of hydrogen-bond acceptors (Lipinski definition) is 3. The van der Waals surface area contributed by atoms with E-state index in [1.807, 2.05) is 0 Å². The van der Waals surface area contributed by atoms with Crippen LogP contribution in [0.5, 0.6) is 0 Å². The summed E-state index contributed by atoms with van der Waals surface area (Å²) in [6.45, 7) is 1.24. The van der Waals surface area contributed by atoms with Gasteiger partial charge >= 0.3 is 17.8 Å². The Morgan fingerprint density at radius 3 is 1.86 bits per heavy atom. The molecule has 1 aliphatic rings. The molecule has 0 N–H and O–H groups in total. The summed E-state index contributed by atoms with van der Waals surface area (Å²) in [4.78, 5) is 0. The van der Waals surface area contributed by atoms with Gasteiger partial charge < -0.3 is 0 Å². The van der Waals surface area contributed by atoms with Crippen LogP contribution in [0.1, 0.15) is 10.0 Å². The van der Waals surface area contributed by atoms with Crippen LogP contribution in [0.25, 0.3) is 5.57 Å². The molecule has 12 heteroatoms. The minimum Gasteiger partial charge on any atom is -0.237 e. The Labute approximate surface area is 129 Å². The van der Waals surface area contributed by atoms with Gasteiger partial charge in [-0.1, -0.05) is 0 Å². The van der Waals surface area contributed by atoms with Gasteiger partial charge in [-0.2, -0.15) is 37.5 Å². The Hall–Kier alpha value is -0.611. The molecule has 0 atom stereocenters. The summed E-state index contributed by atoms with van der Waals surface area (Å²) in [6, 6.07) is 0. The maximum Gasteiger partial charge on any atom is 0.378 e. The fraction of sp³-hybridized carbons (Fsp3) is 0.556. The molecule has 1 radical (unpaired) electrons. The zero-order chi connectivity index (χ0) is 15.6. The second-order valence-corrected chi connectivity index (χ2v) is 5.11. The zero-order valence-electron chi connectivity index (χ0n) is 9.66. The van der Waals surface area contributed by atoms with E-state index in [1.165, 1.54) is 6.92 Å². The third-order valence-corrected chi connectivity index (χ3v) is 3.38. The van der Waals surface area contributed by atoms with E-state index >= 15 is 0 Å². The molecule has 0 saturated carbocycles. The summed E-state index contributed by atoms with van der Waals surface area (Å²) < 4.78 is 105. The van der Waals surface area contributed by atoms with Gasteiger partial charge in [-0.05, 0) is 11.9 Å². The smallest absolute Gasteiger partial charge is 0.237 e. The van der Waals surface area contributed by atoms with Gasteiger partial charge in [0.05, 0.1) is 5.01 Å². The number of rotatable bonds is 1. The van der Waals surface area contributed by atoms with Crippen molar-refractivity contribution < 1.29 is 55.2 Å². The van der Waals surface area contributed by atoms with Crippen LogP contribution < -0.4 is 0 Å². The van der Waals surface area contributed by atoms with E-state index in [1.54, 1.807) is 0 Å². The molecular formula is C9H3F8IrN2S-. The van der Waals surface area contributed by atoms with Crippen molar-refractivity contribution in [1.29, 1.82) is 0 Å². The van der Waals surface area contributed by atoms with E-state index in [2.05, 4.69) is 10.2 Å². The fourth-order valence-corrected chi connectivity index (χ4v) is 2.18. The predicted molar refractivity (Wildman–Crippen MR) is 51.1 cm³/mol. The topological polar surface area (TPSA) is 25.8 Å². The van der Waals surface area contributed by atoms with E-state index in [-0.39, 0.29) is 36.4 Å². The molecule has 0 fully saturated rings. The Balaban J connectivity index is 0.00000220. The van der Waals surface area contributed by atoms with Crippen molar-refractivity contribution in [2.24, 2.45) is 0 Å². The van der Waals surface area contributed by atoms with E-state index in [9.17, 15) is 35.1 Å². The first-order valence-electron chi connectivity index (χ1n) is 4.82. The van der Waals surface area contributed by atoms with Gasteiger partial charge in [0.15, 0.2) is 0 Å². The minimum absolute atomic E-state index is 0. The molecule has 0 spiro atoms. The van der Waals surface area contributed by atoms with Crippen LogP contribution in [0.2, 0.25) is 0 Å². The molecule has 0 aromatic carbocycles. The van der Waals surface area contributed by atoms with Gasteiger partial charge in [-0.25, -0.2) is 25.2 Å². The van der Waals surface area contributed by atoms with Crippen molar-refractivity contribution in [3.63, 3.8) is 0 Å². The molecule has 0 bridgehead atoms. The molecule has 121 valence electrons. The monoisotopic (exact) mass is 516 g/mol. The van der Waals surface area contributed by atoms with Crippen molar-refractivity contribution in [2.75, 3.05) is 0 Å². The van der Waals surface area contributed by atoms with Gasteiger partial charge in [-0.15, -0.1) is 5.57 Å². The quantitative estimate of drug-likeness (QED) is 0.422. The standard InChI is InChI=1S/C9H3F8N2S.Ir/c1-3-18-19-5(20-3)4-2-6(10,11)8(14,15)9(16,17)7(4,12)13;/h1H3;/q-1;. The molecule has 0 unspecified atom stereocenters. The molecule has 0 aliphatic heterocycles. The Bertz CT molecular complexity index is 582. The summed E-state index contributed by atoms with van der Waals surface area (Å²) in [5, 5.41) is 5.17. The number of aryl methyl sites for hydroxylation is 1. The number of alkyl halides is 8. The van der Waals surface area contributed by atoms with Crippen LogP contribution >= 0.6 is 11.3 Å². The van der Waals surface area contributed by atoms with Crippen molar-refractivity contribution in [3.8, 4) is 0 Å². The number of allylic oxidation sites excluding steroid dienone is 2. The summed E-state index contributed by atoms with van der Waals surface area (Å²) in [7, 11) is 0. The largest absolute Gasteiger partial charge is 0.378 e. The first-order chi connectivity index (χ1) is 8.84. The molecule has 21 heavy (non-hydrogen) atoms. The third-order valence-electron chi connectivity index (χ3n) is 2.52.